The second kappa shape index (κ2) is 6.49. The molecule has 0 aromatic carbocycles. The van der Waals surface area contributed by atoms with Gasteiger partial charge in [-0.25, -0.2) is 4.98 Å². The minimum absolute atomic E-state index is 0.0730. The molecule has 7 nitrogen and oxygen atoms in total. The Morgan fingerprint density at radius 1 is 1.48 bits per heavy atom. The van der Waals surface area contributed by atoms with E-state index in [1.807, 2.05) is 6.92 Å². The number of rotatable bonds is 4. The molecule has 2 aromatic rings. The van der Waals surface area contributed by atoms with Crippen LogP contribution in [-0.4, -0.2) is 39.4 Å². The molecule has 1 atom stereocenters. The normalized spacial score (nSPS) is 17.5. The number of likely N-dealkylation sites (tertiary alicyclic amines) is 1. The molecule has 0 bridgehead atoms. The van der Waals surface area contributed by atoms with Gasteiger partial charge in [-0.1, -0.05) is 5.16 Å². The summed E-state index contributed by atoms with van der Waals surface area (Å²) in [5, 5.41) is 8.99. The van der Waals surface area contributed by atoms with E-state index in [1.54, 1.807) is 23.4 Å². The summed E-state index contributed by atoms with van der Waals surface area (Å²) in [6, 6.07) is -0.438. The fourth-order valence-corrected chi connectivity index (χ4v) is 3.35. The maximum Gasteiger partial charge on any atom is 0.248 e. The molecule has 0 aliphatic carbocycles. The standard InChI is InChI=1S/C15H18N4O3S/c1-9-11(10(2)22-18-9)8-13(20)19-6-3-4-12(19)14(21)17-15-16-5-7-23-15/h5,7,12H,3-4,6,8H2,1-2H3,(H,16,17,21)/t12-/m0/s1. The highest BCUT2D eigenvalue weighted by molar-refractivity contribution is 7.13. The molecule has 3 rings (SSSR count). The zero-order chi connectivity index (χ0) is 16.4. The van der Waals surface area contributed by atoms with E-state index >= 15 is 0 Å². The zero-order valence-electron chi connectivity index (χ0n) is 13.0. The molecule has 1 saturated heterocycles. The number of nitrogens with one attached hydrogen (secondary N) is 1. The number of amides is 2. The van der Waals surface area contributed by atoms with E-state index in [9.17, 15) is 9.59 Å². The lowest BCUT2D eigenvalue weighted by Crippen LogP contribution is -2.43. The molecular weight excluding hydrogens is 316 g/mol. The van der Waals surface area contributed by atoms with Crippen LogP contribution in [0.15, 0.2) is 16.1 Å². The van der Waals surface area contributed by atoms with Gasteiger partial charge in [-0.2, -0.15) is 0 Å². The Morgan fingerprint density at radius 3 is 2.96 bits per heavy atom. The van der Waals surface area contributed by atoms with Gasteiger partial charge in [0, 0.05) is 23.7 Å². The number of hydrogen-bond acceptors (Lipinski definition) is 6. The highest BCUT2D eigenvalue weighted by Gasteiger charge is 2.34. The maximum atomic E-state index is 12.6. The van der Waals surface area contributed by atoms with Gasteiger partial charge in [0.2, 0.25) is 11.8 Å². The predicted octanol–water partition coefficient (Wildman–Crippen LogP) is 1.92. The molecule has 2 amide bonds. The number of carbonyl (C=O) groups is 2. The fourth-order valence-electron chi connectivity index (χ4n) is 2.82. The van der Waals surface area contributed by atoms with Gasteiger partial charge in [-0.05, 0) is 26.7 Å². The quantitative estimate of drug-likeness (QED) is 0.923. The zero-order valence-corrected chi connectivity index (χ0v) is 13.9. The first-order valence-electron chi connectivity index (χ1n) is 7.48. The molecular formula is C15H18N4O3S. The van der Waals surface area contributed by atoms with E-state index in [2.05, 4.69) is 15.5 Å². The van der Waals surface area contributed by atoms with Crippen LogP contribution in [-0.2, 0) is 16.0 Å². The first kappa shape index (κ1) is 15.7. The van der Waals surface area contributed by atoms with Crippen LogP contribution < -0.4 is 5.32 Å². The van der Waals surface area contributed by atoms with Crippen LogP contribution in [0.3, 0.4) is 0 Å². The summed E-state index contributed by atoms with van der Waals surface area (Å²) in [6.45, 7) is 4.20. The van der Waals surface area contributed by atoms with Gasteiger partial charge in [-0.3, -0.25) is 9.59 Å². The monoisotopic (exact) mass is 334 g/mol. The van der Waals surface area contributed by atoms with Gasteiger partial charge in [0.25, 0.3) is 0 Å². The van der Waals surface area contributed by atoms with Crippen molar-refractivity contribution in [3.8, 4) is 0 Å². The Bertz CT molecular complexity index is 691. The lowest BCUT2D eigenvalue weighted by atomic mass is 10.1. The topological polar surface area (TPSA) is 88.3 Å². The number of hydrogen-bond donors (Lipinski definition) is 1. The highest BCUT2D eigenvalue weighted by Crippen LogP contribution is 2.22. The number of nitrogens with zero attached hydrogens (tertiary/aromatic N) is 3. The van der Waals surface area contributed by atoms with Crippen LogP contribution in [0.5, 0.6) is 0 Å². The van der Waals surface area contributed by atoms with Crippen molar-refractivity contribution < 1.29 is 14.1 Å². The first-order valence-corrected chi connectivity index (χ1v) is 8.36. The van der Waals surface area contributed by atoms with Gasteiger partial charge in [0.1, 0.15) is 11.8 Å². The van der Waals surface area contributed by atoms with Crippen molar-refractivity contribution in [3.63, 3.8) is 0 Å². The summed E-state index contributed by atoms with van der Waals surface area (Å²) in [5.74, 6) is 0.402. The minimum Gasteiger partial charge on any atom is -0.361 e. The largest absolute Gasteiger partial charge is 0.361 e. The summed E-state index contributed by atoms with van der Waals surface area (Å²) in [7, 11) is 0. The average Bonchev–Trinajstić information content (AvgIpc) is 3.24. The molecule has 3 heterocycles. The van der Waals surface area contributed by atoms with E-state index in [0.717, 1.165) is 17.7 Å². The van der Waals surface area contributed by atoms with E-state index in [1.165, 1.54) is 11.3 Å². The molecule has 1 aliphatic heterocycles. The third-order valence-corrected chi connectivity index (χ3v) is 4.74. The van der Waals surface area contributed by atoms with Gasteiger partial charge < -0.3 is 14.7 Å². The summed E-state index contributed by atoms with van der Waals surface area (Å²) in [4.78, 5) is 30.7. The van der Waals surface area contributed by atoms with Crippen molar-refractivity contribution in [2.45, 2.75) is 39.2 Å². The van der Waals surface area contributed by atoms with Gasteiger partial charge in [0.15, 0.2) is 5.13 Å². The smallest absolute Gasteiger partial charge is 0.248 e. The molecule has 0 spiro atoms. The first-order chi connectivity index (χ1) is 11.1. The van der Waals surface area contributed by atoms with Crippen molar-refractivity contribution in [2.75, 3.05) is 11.9 Å². The van der Waals surface area contributed by atoms with Crippen LogP contribution in [0.25, 0.3) is 0 Å². The lowest BCUT2D eigenvalue weighted by molar-refractivity contribution is -0.136. The van der Waals surface area contributed by atoms with E-state index in [-0.39, 0.29) is 18.2 Å². The number of anilines is 1. The van der Waals surface area contributed by atoms with Crippen molar-refractivity contribution in [1.82, 2.24) is 15.0 Å². The van der Waals surface area contributed by atoms with Crippen LogP contribution in [0.1, 0.15) is 29.9 Å². The molecule has 0 unspecified atom stereocenters. The SMILES string of the molecule is Cc1noc(C)c1CC(=O)N1CCC[C@H]1C(=O)Nc1nccs1. The predicted molar refractivity (Wildman–Crippen MR) is 85.2 cm³/mol. The van der Waals surface area contributed by atoms with Crippen molar-refractivity contribution in [1.29, 1.82) is 0 Å². The van der Waals surface area contributed by atoms with Crippen molar-refractivity contribution >= 4 is 28.3 Å². The van der Waals surface area contributed by atoms with Crippen LogP contribution in [0.4, 0.5) is 5.13 Å². The second-order valence-corrected chi connectivity index (χ2v) is 6.45. The van der Waals surface area contributed by atoms with Crippen molar-refractivity contribution in [2.24, 2.45) is 0 Å². The molecule has 1 aliphatic rings. The maximum absolute atomic E-state index is 12.6. The number of aromatic nitrogens is 2. The molecule has 1 fully saturated rings. The van der Waals surface area contributed by atoms with Crippen LogP contribution in [0, 0.1) is 13.8 Å². The molecule has 2 aromatic heterocycles. The Balaban J connectivity index is 1.68. The van der Waals surface area contributed by atoms with Gasteiger partial charge >= 0.3 is 0 Å². The third-order valence-electron chi connectivity index (χ3n) is 4.05. The Labute approximate surface area is 137 Å². The summed E-state index contributed by atoms with van der Waals surface area (Å²) in [6.07, 6.45) is 3.34. The van der Waals surface area contributed by atoms with E-state index in [4.69, 9.17) is 4.52 Å². The molecule has 23 heavy (non-hydrogen) atoms. The molecule has 0 radical (unpaired) electrons. The highest BCUT2D eigenvalue weighted by atomic mass is 32.1. The lowest BCUT2D eigenvalue weighted by Gasteiger charge is -2.23. The Hall–Kier alpha value is -2.22. The molecule has 8 heteroatoms. The molecule has 0 saturated carbocycles. The van der Waals surface area contributed by atoms with Crippen LogP contribution in [0.2, 0.25) is 0 Å². The van der Waals surface area contributed by atoms with E-state index < -0.39 is 6.04 Å². The Morgan fingerprint density at radius 2 is 2.30 bits per heavy atom. The van der Waals surface area contributed by atoms with Crippen molar-refractivity contribution in [3.05, 3.63) is 28.6 Å². The Kier molecular flexibility index (Phi) is 4.42. The summed E-state index contributed by atoms with van der Waals surface area (Å²) >= 11 is 1.36. The number of carbonyl (C=O) groups excluding carboxylic acids is 2. The van der Waals surface area contributed by atoms with Gasteiger partial charge in [-0.15, -0.1) is 11.3 Å². The number of aryl methyl sites for hydroxylation is 2. The van der Waals surface area contributed by atoms with E-state index in [0.29, 0.717) is 23.9 Å². The average molecular weight is 334 g/mol. The summed E-state index contributed by atoms with van der Waals surface area (Å²) in [5.41, 5.74) is 1.53. The second-order valence-electron chi connectivity index (χ2n) is 5.55. The number of thiazole rings is 1. The van der Waals surface area contributed by atoms with Gasteiger partial charge in [0.05, 0.1) is 12.1 Å². The fraction of sp³-hybridized carbons (Fsp3) is 0.467. The third kappa shape index (κ3) is 3.26. The molecule has 122 valence electrons. The molecule has 1 N–H and O–H groups in total. The van der Waals surface area contributed by atoms with Crippen LogP contribution >= 0.6 is 11.3 Å². The summed E-state index contributed by atoms with van der Waals surface area (Å²) < 4.78 is 5.10. The minimum atomic E-state index is -0.438.